The first kappa shape index (κ1) is 11.7. The van der Waals surface area contributed by atoms with Gasteiger partial charge < -0.3 is 10.5 Å². The first-order chi connectivity index (χ1) is 7.68. The summed E-state index contributed by atoms with van der Waals surface area (Å²) in [5.41, 5.74) is 4.73. The van der Waals surface area contributed by atoms with Gasteiger partial charge in [-0.05, 0) is 24.1 Å². The molecule has 0 atom stereocenters. The van der Waals surface area contributed by atoms with Crippen LogP contribution in [0.15, 0.2) is 41.4 Å². The predicted molar refractivity (Wildman–Crippen MR) is 58.3 cm³/mol. The Morgan fingerprint density at radius 2 is 2.06 bits per heavy atom. The molecule has 0 aliphatic rings. The van der Waals surface area contributed by atoms with Crippen molar-refractivity contribution in [3.05, 3.63) is 36.4 Å². The minimum atomic E-state index is -0.854. The Balaban J connectivity index is 2.43. The van der Waals surface area contributed by atoms with E-state index in [1.807, 2.05) is 6.07 Å². The van der Waals surface area contributed by atoms with E-state index in [0.717, 1.165) is 0 Å². The largest absolute Gasteiger partial charge is 0.426 e. The maximum Gasteiger partial charge on any atom is 0.346 e. The van der Waals surface area contributed by atoms with E-state index in [0.29, 0.717) is 5.75 Å². The lowest BCUT2D eigenvalue weighted by Crippen LogP contribution is -2.06. The molecule has 0 radical (unpaired) electrons. The van der Waals surface area contributed by atoms with E-state index in [9.17, 15) is 9.59 Å². The Labute approximate surface area is 92.2 Å². The summed E-state index contributed by atoms with van der Waals surface area (Å²) in [4.78, 5) is 24.5. The molecule has 0 saturated heterocycles. The van der Waals surface area contributed by atoms with Crippen LogP contribution in [0.25, 0.3) is 0 Å². The van der Waals surface area contributed by atoms with Gasteiger partial charge in [-0.2, -0.15) is 0 Å². The number of hydrogen-bond donors (Lipinski definition) is 1. The van der Waals surface area contributed by atoms with Gasteiger partial charge in [-0.15, -0.1) is 4.99 Å². The van der Waals surface area contributed by atoms with Gasteiger partial charge in [0, 0.05) is 0 Å². The highest BCUT2D eigenvalue weighted by atomic mass is 16.5. The van der Waals surface area contributed by atoms with Gasteiger partial charge >= 0.3 is 12.0 Å². The van der Waals surface area contributed by atoms with Crippen LogP contribution in [0.1, 0.15) is 6.42 Å². The lowest BCUT2D eigenvalue weighted by molar-refractivity contribution is -0.133. The van der Waals surface area contributed by atoms with Crippen LogP contribution >= 0.6 is 0 Å². The van der Waals surface area contributed by atoms with Crippen molar-refractivity contribution in [1.82, 2.24) is 0 Å². The Kier molecular flexibility index (Phi) is 4.50. The zero-order valence-corrected chi connectivity index (χ0v) is 8.42. The highest BCUT2D eigenvalue weighted by Gasteiger charge is 2.00. The molecule has 0 bridgehead atoms. The van der Waals surface area contributed by atoms with Crippen molar-refractivity contribution in [2.75, 3.05) is 0 Å². The highest BCUT2D eigenvalue weighted by Crippen LogP contribution is 2.08. The average Bonchev–Trinajstić information content (AvgIpc) is 2.25. The fraction of sp³-hybridized carbons (Fsp3) is 0.0909. The molecule has 0 aromatic heterocycles. The second-order valence-electron chi connectivity index (χ2n) is 2.77. The molecule has 0 unspecified atom stereocenters. The molecular weight excluding hydrogens is 208 g/mol. The van der Waals surface area contributed by atoms with Crippen molar-refractivity contribution in [3.63, 3.8) is 0 Å². The Morgan fingerprint density at radius 3 is 2.69 bits per heavy atom. The van der Waals surface area contributed by atoms with Crippen LogP contribution in [-0.2, 0) is 4.79 Å². The second-order valence-corrected chi connectivity index (χ2v) is 2.77. The highest BCUT2D eigenvalue weighted by molar-refractivity contribution is 5.82. The third kappa shape index (κ3) is 4.74. The van der Waals surface area contributed by atoms with Crippen LogP contribution in [0.2, 0.25) is 0 Å². The van der Waals surface area contributed by atoms with Gasteiger partial charge in [0.1, 0.15) is 5.75 Å². The van der Waals surface area contributed by atoms with E-state index < -0.39 is 12.0 Å². The van der Waals surface area contributed by atoms with Crippen molar-refractivity contribution in [3.8, 4) is 5.75 Å². The third-order valence-corrected chi connectivity index (χ3v) is 1.51. The molecule has 16 heavy (non-hydrogen) atoms. The predicted octanol–water partition coefficient (Wildman–Crippen LogP) is 1.29. The lowest BCUT2D eigenvalue weighted by atomic mass is 10.3. The molecule has 0 heterocycles. The summed E-state index contributed by atoms with van der Waals surface area (Å²) in [5, 5.41) is 0. The molecule has 1 aromatic carbocycles. The number of ether oxygens (including phenoxy) is 1. The first-order valence-electron chi connectivity index (χ1n) is 4.51. The first-order valence-corrected chi connectivity index (χ1v) is 4.51. The smallest absolute Gasteiger partial charge is 0.346 e. The van der Waals surface area contributed by atoms with Gasteiger partial charge in [-0.1, -0.05) is 18.2 Å². The fourth-order valence-corrected chi connectivity index (χ4v) is 0.900. The SMILES string of the molecule is NC(=O)N=C=CCC(=O)Oc1ccccc1. The van der Waals surface area contributed by atoms with Crippen molar-refractivity contribution < 1.29 is 14.3 Å². The standard InChI is InChI=1S/C11H10N2O3/c12-11(15)13-8-4-7-10(14)16-9-5-2-1-3-6-9/h1-6H,7H2,(H2,12,15). The number of amides is 2. The lowest BCUT2D eigenvalue weighted by Gasteiger charge is -2.00. The Bertz CT molecular complexity index is 434. The van der Waals surface area contributed by atoms with Crippen LogP contribution in [-0.4, -0.2) is 17.9 Å². The molecule has 2 N–H and O–H groups in total. The number of carbonyl (C=O) groups excluding carboxylic acids is 2. The van der Waals surface area contributed by atoms with Crippen LogP contribution in [0.4, 0.5) is 4.79 Å². The zero-order valence-electron chi connectivity index (χ0n) is 8.42. The summed E-state index contributed by atoms with van der Waals surface area (Å²) in [6, 6.07) is 7.81. The van der Waals surface area contributed by atoms with Gasteiger partial charge in [-0.3, -0.25) is 4.79 Å². The molecule has 0 saturated carbocycles. The number of rotatable bonds is 3. The van der Waals surface area contributed by atoms with Crippen molar-refractivity contribution >= 4 is 17.9 Å². The number of benzene rings is 1. The van der Waals surface area contributed by atoms with Gasteiger partial charge in [0.25, 0.3) is 0 Å². The van der Waals surface area contributed by atoms with E-state index in [-0.39, 0.29) is 6.42 Å². The summed E-state index contributed by atoms with van der Waals surface area (Å²) < 4.78 is 4.95. The summed E-state index contributed by atoms with van der Waals surface area (Å²) in [7, 11) is 0. The molecule has 0 aliphatic heterocycles. The maximum absolute atomic E-state index is 11.2. The van der Waals surface area contributed by atoms with Crippen LogP contribution in [0.3, 0.4) is 0 Å². The molecule has 0 spiro atoms. The Morgan fingerprint density at radius 1 is 1.38 bits per heavy atom. The third-order valence-electron chi connectivity index (χ3n) is 1.51. The number of hydrogen-bond acceptors (Lipinski definition) is 3. The average molecular weight is 218 g/mol. The molecule has 2 amide bonds. The monoisotopic (exact) mass is 218 g/mol. The number of para-hydroxylation sites is 1. The molecule has 0 fully saturated rings. The van der Waals surface area contributed by atoms with Gasteiger partial charge in [-0.25, -0.2) is 4.79 Å². The minimum Gasteiger partial charge on any atom is -0.426 e. The van der Waals surface area contributed by atoms with Crippen LogP contribution in [0, 0.1) is 0 Å². The quantitative estimate of drug-likeness (QED) is 0.471. The van der Waals surface area contributed by atoms with Crippen LogP contribution in [0.5, 0.6) is 5.75 Å². The molecule has 5 nitrogen and oxygen atoms in total. The van der Waals surface area contributed by atoms with Crippen molar-refractivity contribution in [2.45, 2.75) is 6.42 Å². The number of esters is 1. The molecule has 82 valence electrons. The Hall–Kier alpha value is -2.39. The zero-order chi connectivity index (χ0) is 11.8. The number of nitrogens with two attached hydrogens (primary N) is 1. The van der Waals surface area contributed by atoms with Crippen molar-refractivity contribution in [2.24, 2.45) is 10.7 Å². The summed E-state index contributed by atoms with van der Waals surface area (Å²) in [6.45, 7) is 0. The number of urea groups is 1. The molecule has 1 rings (SSSR count). The van der Waals surface area contributed by atoms with Gasteiger partial charge in [0.15, 0.2) is 0 Å². The summed E-state index contributed by atoms with van der Waals surface area (Å²) >= 11 is 0. The van der Waals surface area contributed by atoms with E-state index in [1.54, 1.807) is 24.3 Å². The topological polar surface area (TPSA) is 81.8 Å². The second kappa shape index (κ2) is 6.16. The van der Waals surface area contributed by atoms with E-state index in [1.165, 1.54) is 6.08 Å². The molecule has 0 aliphatic carbocycles. The van der Waals surface area contributed by atoms with Crippen LogP contribution < -0.4 is 10.5 Å². The van der Waals surface area contributed by atoms with E-state index in [4.69, 9.17) is 10.5 Å². The summed E-state index contributed by atoms with van der Waals surface area (Å²) in [6.07, 6.45) is 1.25. The van der Waals surface area contributed by atoms with E-state index in [2.05, 4.69) is 10.9 Å². The fourth-order valence-electron chi connectivity index (χ4n) is 0.900. The van der Waals surface area contributed by atoms with E-state index >= 15 is 0 Å². The molecule has 5 heteroatoms. The minimum absolute atomic E-state index is 0.0221. The normalized spacial score (nSPS) is 8.75. The maximum atomic E-state index is 11.2. The summed E-state index contributed by atoms with van der Waals surface area (Å²) in [5.74, 6) is 2.23. The van der Waals surface area contributed by atoms with Gasteiger partial charge in [0.2, 0.25) is 0 Å². The van der Waals surface area contributed by atoms with Gasteiger partial charge in [0.05, 0.1) is 6.42 Å². The number of aliphatic imine (C=N–C) groups is 1. The number of nitrogens with zero attached hydrogens (tertiary/aromatic N) is 1. The van der Waals surface area contributed by atoms with Crippen molar-refractivity contribution in [1.29, 1.82) is 0 Å². The molecule has 1 aromatic rings. The number of primary amides is 1. The number of carbonyl (C=O) groups is 2. The molecular formula is C11H10N2O3.